The topological polar surface area (TPSA) is 168 Å². The molecule has 11 nitrogen and oxygen atoms in total. The lowest BCUT2D eigenvalue weighted by atomic mass is 9.87. The van der Waals surface area contributed by atoms with Gasteiger partial charge in [0.25, 0.3) is 5.91 Å². The van der Waals surface area contributed by atoms with Gasteiger partial charge < -0.3 is 25.6 Å². The molecule has 41 heavy (non-hydrogen) atoms. The second-order valence-electron chi connectivity index (χ2n) is 10.5. The lowest BCUT2D eigenvalue weighted by Gasteiger charge is -2.25. The molecule has 2 aromatic rings. The highest BCUT2D eigenvalue weighted by molar-refractivity contribution is 5.97. The van der Waals surface area contributed by atoms with Crippen molar-refractivity contribution in [3.05, 3.63) is 65.3 Å². The van der Waals surface area contributed by atoms with Gasteiger partial charge in [-0.25, -0.2) is 9.18 Å². The Balaban J connectivity index is 1.81. The van der Waals surface area contributed by atoms with E-state index in [-0.39, 0.29) is 36.8 Å². The van der Waals surface area contributed by atoms with Crippen LogP contribution in [0.25, 0.3) is 0 Å². The van der Waals surface area contributed by atoms with E-state index in [9.17, 15) is 28.4 Å². The van der Waals surface area contributed by atoms with E-state index in [4.69, 9.17) is 9.63 Å². The zero-order valence-electron chi connectivity index (χ0n) is 23.2. The van der Waals surface area contributed by atoms with Crippen molar-refractivity contribution in [3.8, 4) is 0 Å². The molecule has 1 fully saturated rings. The predicted octanol–water partition coefficient (Wildman–Crippen LogP) is 2.35. The number of carboxylic acids is 1. The minimum Gasteiger partial charge on any atom is -0.478 e. The average molecular weight is 571 g/mol. The van der Waals surface area contributed by atoms with Crippen LogP contribution in [0.2, 0.25) is 0 Å². The fraction of sp³-hybridized carbons (Fsp3) is 0.448. The molecule has 0 aliphatic carbocycles. The number of benzene rings is 1. The lowest BCUT2D eigenvalue weighted by molar-refractivity contribution is -0.131. The zero-order valence-corrected chi connectivity index (χ0v) is 23.2. The van der Waals surface area contributed by atoms with Crippen molar-refractivity contribution in [2.45, 2.75) is 58.5 Å². The summed E-state index contributed by atoms with van der Waals surface area (Å²) in [6.07, 6.45) is 2.75. The summed E-state index contributed by atoms with van der Waals surface area (Å²) in [7, 11) is 0. The Morgan fingerprint density at radius 3 is 2.46 bits per heavy atom. The molecule has 0 radical (unpaired) electrons. The number of nitrogens with one attached hydrogen (secondary N) is 3. The number of hydrogen-bond acceptors (Lipinski definition) is 7. The van der Waals surface area contributed by atoms with Crippen LogP contribution >= 0.6 is 0 Å². The Kier molecular flexibility index (Phi) is 10.9. The van der Waals surface area contributed by atoms with Crippen LogP contribution < -0.4 is 16.0 Å². The van der Waals surface area contributed by atoms with Gasteiger partial charge >= 0.3 is 5.97 Å². The fourth-order valence-electron chi connectivity index (χ4n) is 4.70. The minimum absolute atomic E-state index is 0.0190. The Hall–Kier alpha value is -4.35. The van der Waals surface area contributed by atoms with Gasteiger partial charge in [-0.15, -0.1) is 0 Å². The quantitative estimate of drug-likeness (QED) is 0.251. The van der Waals surface area contributed by atoms with E-state index in [0.29, 0.717) is 24.3 Å². The number of Topliss-reactive ketones (excluding diaryl/α,β-unsaturated/α-hetero) is 1. The zero-order chi connectivity index (χ0) is 30.1. The number of aryl methyl sites for hydroxylation is 1. The van der Waals surface area contributed by atoms with Crippen LogP contribution in [0.4, 0.5) is 4.39 Å². The third-order valence-electron chi connectivity index (χ3n) is 6.87. The first kappa shape index (κ1) is 31.2. The third kappa shape index (κ3) is 9.37. The molecule has 3 rings (SSSR count). The van der Waals surface area contributed by atoms with Gasteiger partial charge in [-0.3, -0.25) is 19.2 Å². The molecule has 1 aliphatic rings. The maximum absolute atomic E-state index is 13.6. The van der Waals surface area contributed by atoms with Crippen molar-refractivity contribution < 1.29 is 38.0 Å². The lowest BCUT2D eigenvalue weighted by Crippen LogP contribution is -2.47. The maximum Gasteiger partial charge on any atom is 0.328 e. The summed E-state index contributed by atoms with van der Waals surface area (Å²) in [4.78, 5) is 63.1. The van der Waals surface area contributed by atoms with Gasteiger partial charge in [0.1, 0.15) is 11.6 Å². The highest BCUT2D eigenvalue weighted by Crippen LogP contribution is 2.21. The average Bonchev–Trinajstić information content (AvgIpc) is 3.53. The second-order valence-corrected chi connectivity index (χ2v) is 10.5. The summed E-state index contributed by atoms with van der Waals surface area (Å²) < 4.78 is 18.5. The highest BCUT2D eigenvalue weighted by Gasteiger charge is 2.32. The van der Waals surface area contributed by atoms with Crippen molar-refractivity contribution in [2.75, 3.05) is 6.54 Å². The van der Waals surface area contributed by atoms with Crippen molar-refractivity contribution in [1.82, 2.24) is 21.1 Å². The molecule has 1 aliphatic heterocycles. The van der Waals surface area contributed by atoms with E-state index in [0.717, 1.165) is 6.08 Å². The number of carbonyl (C=O) groups excluding carboxylic acids is 4. The van der Waals surface area contributed by atoms with Crippen molar-refractivity contribution >= 4 is 29.5 Å². The summed E-state index contributed by atoms with van der Waals surface area (Å²) in [5.74, 6) is -4.60. The van der Waals surface area contributed by atoms with E-state index < -0.39 is 53.3 Å². The molecule has 3 amide bonds. The Labute approximate surface area is 236 Å². The number of nitrogens with zero attached hydrogens (tertiary/aromatic N) is 1. The highest BCUT2D eigenvalue weighted by atomic mass is 19.1. The molecule has 4 N–H and O–H groups in total. The Morgan fingerprint density at radius 1 is 1.20 bits per heavy atom. The molecule has 4 atom stereocenters. The molecule has 0 bridgehead atoms. The number of carboxylic acid groups (broad SMARTS) is 1. The summed E-state index contributed by atoms with van der Waals surface area (Å²) in [5.41, 5.74) is 0.626. The van der Waals surface area contributed by atoms with Crippen molar-refractivity contribution in [1.29, 1.82) is 0 Å². The summed E-state index contributed by atoms with van der Waals surface area (Å²) >= 11 is 0. The smallest absolute Gasteiger partial charge is 0.328 e. The molecule has 0 unspecified atom stereocenters. The first-order valence-electron chi connectivity index (χ1n) is 13.4. The number of hydrogen-bond donors (Lipinski definition) is 4. The number of amides is 3. The summed E-state index contributed by atoms with van der Waals surface area (Å²) in [5, 5.41) is 21.0. The van der Waals surface area contributed by atoms with Gasteiger partial charge in [-0.05, 0) is 49.8 Å². The monoisotopic (exact) mass is 570 g/mol. The van der Waals surface area contributed by atoms with E-state index in [1.165, 1.54) is 36.4 Å². The molecule has 12 heteroatoms. The van der Waals surface area contributed by atoms with Crippen LogP contribution in [0.5, 0.6) is 0 Å². The van der Waals surface area contributed by atoms with Crippen LogP contribution in [-0.2, 0) is 25.6 Å². The first-order valence-corrected chi connectivity index (χ1v) is 13.4. The summed E-state index contributed by atoms with van der Waals surface area (Å²) in [6, 6.07) is 5.25. The molecule has 1 aromatic carbocycles. The van der Waals surface area contributed by atoms with E-state index in [1.54, 1.807) is 20.8 Å². The Morgan fingerprint density at radius 2 is 1.90 bits per heavy atom. The second kappa shape index (κ2) is 14.3. The normalized spacial score (nSPS) is 17.2. The fourth-order valence-corrected chi connectivity index (χ4v) is 4.70. The molecule has 2 heterocycles. The molecular weight excluding hydrogens is 535 g/mol. The number of carbonyl (C=O) groups is 5. The minimum atomic E-state index is -1.21. The number of aliphatic carboxylic acids is 1. The molecule has 220 valence electrons. The van der Waals surface area contributed by atoms with Crippen LogP contribution in [0.3, 0.4) is 0 Å². The number of rotatable bonds is 14. The van der Waals surface area contributed by atoms with Gasteiger partial charge in [0.15, 0.2) is 11.5 Å². The molecule has 1 aromatic heterocycles. The maximum atomic E-state index is 13.6. The number of halogens is 1. The van der Waals surface area contributed by atoms with Crippen LogP contribution in [0, 0.1) is 30.5 Å². The predicted molar refractivity (Wildman–Crippen MR) is 145 cm³/mol. The molecule has 0 saturated carbocycles. The Bertz CT molecular complexity index is 1290. The van der Waals surface area contributed by atoms with E-state index in [2.05, 4.69) is 21.1 Å². The van der Waals surface area contributed by atoms with Crippen LogP contribution in [0.1, 0.15) is 54.9 Å². The van der Waals surface area contributed by atoms with Gasteiger partial charge in [0, 0.05) is 43.0 Å². The third-order valence-corrected chi connectivity index (χ3v) is 6.87. The molecule has 1 saturated heterocycles. The summed E-state index contributed by atoms with van der Waals surface area (Å²) in [6.45, 7) is 5.63. The number of ketones is 1. The largest absolute Gasteiger partial charge is 0.478 e. The van der Waals surface area contributed by atoms with Crippen molar-refractivity contribution in [3.63, 3.8) is 0 Å². The van der Waals surface area contributed by atoms with E-state index >= 15 is 0 Å². The number of aromatic nitrogens is 1. The van der Waals surface area contributed by atoms with Gasteiger partial charge in [0.2, 0.25) is 11.8 Å². The first-order chi connectivity index (χ1) is 19.4. The molecule has 0 spiro atoms. The van der Waals surface area contributed by atoms with Gasteiger partial charge in [-0.2, -0.15) is 0 Å². The molecular formula is C29H35FN4O7. The van der Waals surface area contributed by atoms with Crippen LogP contribution in [0.15, 0.2) is 47.0 Å². The SMILES string of the molecule is Cc1cc(C(=O)N[C@H](C(=O)C[C@@H](Cc2ccc(F)cc2)C(=O)N[C@H](/C=C/C(=O)O)C[C@@H]2CCNC2=O)C(C)C)no1. The standard InChI is InChI=1S/C29H35FN4O7/c1-16(2)26(33-29(40)23-12-17(3)41-34-23)24(35)15-20(13-18-4-6-21(30)7-5-18)28(39)32-22(8-9-25(36)37)14-19-10-11-31-27(19)38/h4-9,12,16,19-20,22,26H,10-11,13-15H2,1-3H3,(H,31,38)(H,32,39)(H,33,40)(H,36,37)/b9-8+/t19-,20+,22+,26-/m0/s1. The van der Waals surface area contributed by atoms with Gasteiger partial charge in [-0.1, -0.05) is 37.2 Å². The van der Waals surface area contributed by atoms with E-state index in [1.807, 2.05) is 0 Å². The van der Waals surface area contributed by atoms with Crippen LogP contribution in [-0.4, -0.2) is 58.4 Å². The van der Waals surface area contributed by atoms with Crippen molar-refractivity contribution in [2.24, 2.45) is 17.8 Å². The van der Waals surface area contributed by atoms with Gasteiger partial charge in [0.05, 0.1) is 6.04 Å².